The van der Waals surface area contributed by atoms with Crippen molar-refractivity contribution in [3.05, 3.63) is 23.8 Å². The Hall–Kier alpha value is -1.95. The second-order valence-electron chi connectivity index (χ2n) is 8.09. The first-order valence-corrected chi connectivity index (χ1v) is 10.5. The fourth-order valence-corrected chi connectivity index (χ4v) is 3.39. The van der Waals surface area contributed by atoms with Crippen molar-refractivity contribution >= 4 is 5.96 Å². The molecule has 0 amide bonds. The maximum atomic E-state index is 5.52. The summed E-state index contributed by atoms with van der Waals surface area (Å²) in [6, 6.07) is 6.57. The van der Waals surface area contributed by atoms with E-state index in [9.17, 15) is 0 Å². The van der Waals surface area contributed by atoms with E-state index in [1.807, 2.05) is 13.1 Å². The molecule has 1 atom stereocenters. The van der Waals surface area contributed by atoms with E-state index in [1.54, 1.807) is 0 Å². The summed E-state index contributed by atoms with van der Waals surface area (Å²) in [6.07, 6.45) is 2.32. The number of fused-ring (bicyclic) bond motifs is 1. The molecule has 28 heavy (non-hydrogen) atoms. The van der Waals surface area contributed by atoms with Crippen molar-refractivity contribution in [3.8, 4) is 11.5 Å². The molecule has 0 bridgehead atoms. The molecule has 6 nitrogen and oxygen atoms in total. The summed E-state index contributed by atoms with van der Waals surface area (Å²) in [6.45, 7) is 15.6. The van der Waals surface area contributed by atoms with Gasteiger partial charge in [-0.1, -0.05) is 33.8 Å². The standard InChI is InChI=1S/C22H38N4O2/c1-7-26(8-2)13-9-10-17(3)25-21(23-6)24-15-22(4,5)18-11-12-19-20(14-18)28-16-27-19/h11-12,14,17H,7-10,13,15-16H2,1-6H3,(H2,23,24,25). The highest BCUT2D eigenvalue weighted by atomic mass is 16.7. The molecule has 0 spiro atoms. The fraction of sp³-hybridized carbons (Fsp3) is 0.682. The van der Waals surface area contributed by atoms with E-state index in [4.69, 9.17) is 9.47 Å². The molecule has 0 aliphatic carbocycles. The van der Waals surface area contributed by atoms with Crippen molar-refractivity contribution in [3.63, 3.8) is 0 Å². The Kier molecular flexibility index (Phi) is 8.42. The van der Waals surface area contributed by atoms with Gasteiger partial charge < -0.3 is 25.0 Å². The van der Waals surface area contributed by atoms with Gasteiger partial charge in [0, 0.05) is 25.0 Å². The maximum absolute atomic E-state index is 5.52. The summed E-state index contributed by atoms with van der Waals surface area (Å²) in [5.41, 5.74) is 1.15. The number of nitrogens with zero attached hydrogens (tertiary/aromatic N) is 2. The minimum Gasteiger partial charge on any atom is -0.454 e. The van der Waals surface area contributed by atoms with Crippen LogP contribution in [0.15, 0.2) is 23.2 Å². The minimum absolute atomic E-state index is 0.0649. The maximum Gasteiger partial charge on any atom is 0.231 e. The molecule has 6 heteroatoms. The monoisotopic (exact) mass is 390 g/mol. The zero-order chi connectivity index (χ0) is 20.6. The molecule has 158 valence electrons. The quantitative estimate of drug-likeness (QED) is 0.474. The second kappa shape index (κ2) is 10.6. The van der Waals surface area contributed by atoms with Gasteiger partial charge in [-0.25, -0.2) is 0 Å². The Bertz CT molecular complexity index is 641. The third-order valence-electron chi connectivity index (χ3n) is 5.46. The zero-order valence-corrected chi connectivity index (χ0v) is 18.5. The molecule has 1 aromatic carbocycles. The molecule has 0 radical (unpaired) electrons. The van der Waals surface area contributed by atoms with E-state index < -0.39 is 0 Å². The van der Waals surface area contributed by atoms with Gasteiger partial charge in [-0.05, 0) is 57.1 Å². The lowest BCUT2D eigenvalue weighted by Gasteiger charge is -2.28. The highest BCUT2D eigenvalue weighted by Crippen LogP contribution is 2.36. The average molecular weight is 391 g/mol. The van der Waals surface area contributed by atoms with Crippen LogP contribution in [-0.2, 0) is 5.41 Å². The summed E-state index contributed by atoms with van der Waals surface area (Å²) in [5.74, 6) is 2.50. The fourth-order valence-electron chi connectivity index (χ4n) is 3.39. The smallest absolute Gasteiger partial charge is 0.231 e. The summed E-state index contributed by atoms with van der Waals surface area (Å²) in [4.78, 5) is 6.86. The molecule has 1 aliphatic heterocycles. The third kappa shape index (κ3) is 6.30. The van der Waals surface area contributed by atoms with Gasteiger partial charge in [0.2, 0.25) is 6.79 Å². The van der Waals surface area contributed by atoms with Gasteiger partial charge >= 0.3 is 0 Å². The van der Waals surface area contributed by atoms with Crippen molar-refractivity contribution in [1.29, 1.82) is 0 Å². The first-order valence-electron chi connectivity index (χ1n) is 10.5. The van der Waals surface area contributed by atoms with Crippen LogP contribution in [0.4, 0.5) is 0 Å². The predicted octanol–water partition coefficient (Wildman–Crippen LogP) is 3.37. The molecular formula is C22H38N4O2. The van der Waals surface area contributed by atoms with Crippen LogP contribution in [-0.4, -0.2) is 56.9 Å². The summed E-state index contributed by atoms with van der Waals surface area (Å²) in [7, 11) is 1.82. The zero-order valence-electron chi connectivity index (χ0n) is 18.5. The van der Waals surface area contributed by atoms with Gasteiger partial charge in [0.15, 0.2) is 17.5 Å². The van der Waals surface area contributed by atoms with Crippen LogP contribution in [0, 0.1) is 0 Å². The first kappa shape index (κ1) is 22.3. The van der Waals surface area contributed by atoms with E-state index in [1.165, 1.54) is 12.0 Å². The van der Waals surface area contributed by atoms with E-state index in [0.717, 1.165) is 50.1 Å². The number of nitrogens with one attached hydrogen (secondary N) is 2. The molecule has 1 aliphatic rings. The van der Waals surface area contributed by atoms with Gasteiger partial charge in [-0.2, -0.15) is 0 Å². The number of guanidine groups is 1. The molecule has 0 saturated carbocycles. The van der Waals surface area contributed by atoms with Crippen molar-refractivity contribution in [2.24, 2.45) is 4.99 Å². The lowest BCUT2D eigenvalue weighted by atomic mass is 9.84. The van der Waals surface area contributed by atoms with Gasteiger partial charge in [0.25, 0.3) is 0 Å². The van der Waals surface area contributed by atoms with Gasteiger partial charge in [0.05, 0.1) is 0 Å². The topological polar surface area (TPSA) is 58.1 Å². The van der Waals surface area contributed by atoms with Crippen molar-refractivity contribution in [2.75, 3.05) is 40.0 Å². The minimum atomic E-state index is -0.0649. The molecule has 1 aromatic rings. The molecule has 1 unspecified atom stereocenters. The summed E-state index contributed by atoms with van der Waals surface area (Å²) >= 11 is 0. The molecule has 2 N–H and O–H groups in total. The Morgan fingerprint density at radius 3 is 2.61 bits per heavy atom. The molecule has 0 aromatic heterocycles. The number of benzene rings is 1. The third-order valence-corrected chi connectivity index (χ3v) is 5.46. The molecular weight excluding hydrogens is 352 g/mol. The van der Waals surface area contributed by atoms with Crippen LogP contribution < -0.4 is 20.1 Å². The van der Waals surface area contributed by atoms with E-state index in [-0.39, 0.29) is 5.41 Å². The summed E-state index contributed by atoms with van der Waals surface area (Å²) in [5, 5.41) is 7.00. The Morgan fingerprint density at radius 2 is 1.93 bits per heavy atom. The largest absolute Gasteiger partial charge is 0.454 e. The van der Waals surface area contributed by atoms with Gasteiger partial charge in [0.1, 0.15) is 0 Å². The van der Waals surface area contributed by atoms with Gasteiger partial charge in [-0.3, -0.25) is 4.99 Å². The van der Waals surface area contributed by atoms with Crippen LogP contribution in [0.5, 0.6) is 11.5 Å². The normalized spacial score (nSPS) is 15.0. The molecule has 0 saturated heterocycles. The van der Waals surface area contributed by atoms with E-state index in [2.05, 4.69) is 67.3 Å². The predicted molar refractivity (Wildman–Crippen MR) is 117 cm³/mol. The van der Waals surface area contributed by atoms with Crippen LogP contribution in [0.2, 0.25) is 0 Å². The van der Waals surface area contributed by atoms with Crippen LogP contribution in [0.3, 0.4) is 0 Å². The van der Waals surface area contributed by atoms with Crippen molar-refractivity contribution in [1.82, 2.24) is 15.5 Å². The molecule has 2 rings (SSSR count). The average Bonchev–Trinajstić information content (AvgIpc) is 3.16. The highest BCUT2D eigenvalue weighted by Gasteiger charge is 2.24. The lowest BCUT2D eigenvalue weighted by Crippen LogP contribution is -2.46. The first-order chi connectivity index (χ1) is 13.4. The number of hydrogen-bond donors (Lipinski definition) is 2. The number of rotatable bonds is 10. The molecule has 0 fully saturated rings. The van der Waals surface area contributed by atoms with Crippen molar-refractivity contribution < 1.29 is 9.47 Å². The van der Waals surface area contributed by atoms with E-state index >= 15 is 0 Å². The van der Waals surface area contributed by atoms with Gasteiger partial charge in [-0.15, -0.1) is 0 Å². The number of aliphatic imine (C=N–C) groups is 1. The Balaban J connectivity index is 1.82. The van der Waals surface area contributed by atoms with Crippen LogP contribution in [0.1, 0.15) is 53.0 Å². The second-order valence-corrected chi connectivity index (χ2v) is 8.09. The van der Waals surface area contributed by atoms with E-state index in [0.29, 0.717) is 12.8 Å². The van der Waals surface area contributed by atoms with Crippen molar-refractivity contribution in [2.45, 2.75) is 58.9 Å². The Labute approximate surface area is 170 Å². The summed E-state index contributed by atoms with van der Waals surface area (Å²) < 4.78 is 10.9. The van der Waals surface area contributed by atoms with Crippen LogP contribution in [0.25, 0.3) is 0 Å². The SMILES string of the molecule is CCN(CC)CCCC(C)NC(=NC)NCC(C)(C)c1ccc2c(c1)OCO2. The molecule has 1 heterocycles. The number of ether oxygens (including phenoxy) is 2. The lowest BCUT2D eigenvalue weighted by molar-refractivity contribution is 0.174. The number of hydrogen-bond acceptors (Lipinski definition) is 4. The van der Waals surface area contributed by atoms with Crippen LogP contribution >= 0.6 is 0 Å². The Morgan fingerprint density at radius 1 is 1.21 bits per heavy atom. The highest BCUT2D eigenvalue weighted by molar-refractivity contribution is 5.80.